The van der Waals surface area contributed by atoms with E-state index in [1.807, 2.05) is 54.6 Å². The van der Waals surface area contributed by atoms with Crippen LogP contribution >= 0.6 is 11.3 Å². The second-order valence-electron chi connectivity index (χ2n) is 11.5. The van der Waals surface area contributed by atoms with Crippen molar-refractivity contribution in [3.63, 3.8) is 0 Å². The molecule has 1 N–H and O–H groups in total. The van der Waals surface area contributed by atoms with Crippen molar-refractivity contribution in [1.82, 2.24) is 15.3 Å². The van der Waals surface area contributed by atoms with Crippen molar-refractivity contribution >= 4 is 54.1 Å². The normalized spacial score (nSPS) is 14.6. The van der Waals surface area contributed by atoms with Gasteiger partial charge in [-0.25, -0.2) is 20.0 Å². The predicted octanol–water partition coefficient (Wildman–Crippen LogP) is 9.83. The average Bonchev–Trinajstić information content (AvgIpc) is 3.53. The van der Waals surface area contributed by atoms with E-state index in [0.717, 1.165) is 60.3 Å². The Morgan fingerprint density at radius 2 is 1.21 bits per heavy atom. The molecule has 222 valence electrons. The van der Waals surface area contributed by atoms with Gasteiger partial charge in [0.15, 0.2) is 11.7 Å². The number of hydrogen-bond acceptors (Lipinski definition) is 6. The summed E-state index contributed by atoms with van der Waals surface area (Å²) in [6.45, 7) is 0. The second kappa shape index (κ2) is 11.4. The zero-order valence-electron chi connectivity index (χ0n) is 25.2. The van der Waals surface area contributed by atoms with Gasteiger partial charge in [0.05, 0.1) is 11.2 Å². The van der Waals surface area contributed by atoms with E-state index in [-0.39, 0.29) is 6.17 Å². The largest absolute Gasteiger partial charge is 0.344 e. The van der Waals surface area contributed by atoms with E-state index in [9.17, 15) is 0 Å². The van der Waals surface area contributed by atoms with Crippen LogP contribution in [0.15, 0.2) is 162 Å². The Bertz CT molecular complexity index is 2490. The quantitative estimate of drug-likeness (QED) is 0.208. The van der Waals surface area contributed by atoms with Gasteiger partial charge in [-0.1, -0.05) is 127 Å². The SMILES string of the molecule is c1ccc(C2=NC(c3ccccc3)NC(c3cc(-c4nc(-c5ccccc5)c5ccccc5n4)cc4sc5ccccc5c34)=N2)cc1. The Balaban J connectivity index is 1.30. The maximum atomic E-state index is 5.22. The summed E-state index contributed by atoms with van der Waals surface area (Å²) < 4.78 is 2.37. The molecule has 0 spiro atoms. The minimum atomic E-state index is -0.302. The standard InChI is InChI=1S/C41H27N5S/c1-4-14-26(15-5-1)37-30-20-10-12-22-33(30)42-40(43-37)29-24-32(36-31-21-11-13-23-34(31)47-35(36)25-29)41-45-38(27-16-6-2-7-17-27)44-39(46-41)28-18-8-3-9-19-28/h1-25,38H,(H,44,45,46). The first-order valence-corrected chi connectivity index (χ1v) is 16.4. The van der Waals surface area contributed by atoms with Crippen LogP contribution in [0.4, 0.5) is 0 Å². The first-order chi connectivity index (χ1) is 23.3. The molecule has 8 aromatic rings. The summed E-state index contributed by atoms with van der Waals surface area (Å²) in [7, 11) is 0. The van der Waals surface area contributed by atoms with Crippen LogP contribution < -0.4 is 5.32 Å². The van der Waals surface area contributed by atoms with Gasteiger partial charge >= 0.3 is 0 Å². The number of aliphatic imine (C=N–C) groups is 2. The molecule has 1 unspecified atom stereocenters. The number of aromatic nitrogens is 2. The van der Waals surface area contributed by atoms with Crippen LogP contribution in [0.2, 0.25) is 0 Å². The highest BCUT2D eigenvalue weighted by Gasteiger charge is 2.25. The Morgan fingerprint density at radius 1 is 0.553 bits per heavy atom. The number of rotatable bonds is 5. The zero-order valence-corrected chi connectivity index (χ0v) is 26.0. The molecular formula is C41H27N5S. The molecule has 0 radical (unpaired) electrons. The highest BCUT2D eigenvalue weighted by molar-refractivity contribution is 7.25. The van der Waals surface area contributed by atoms with Gasteiger partial charge < -0.3 is 5.32 Å². The molecule has 9 rings (SSSR count). The molecule has 0 fully saturated rings. The number of para-hydroxylation sites is 1. The monoisotopic (exact) mass is 621 g/mol. The number of thiophene rings is 1. The third-order valence-corrected chi connectivity index (χ3v) is 9.65. The van der Waals surface area contributed by atoms with E-state index in [2.05, 4.69) is 102 Å². The van der Waals surface area contributed by atoms with Gasteiger partial charge in [0.2, 0.25) is 0 Å². The molecule has 3 heterocycles. The molecule has 1 atom stereocenters. The van der Waals surface area contributed by atoms with E-state index < -0.39 is 0 Å². The summed E-state index contributed by atoms with van der Waals surface area (Å²) in [6, 6.07) is 52.1. The van der Waals surface area contributed by atoms with Crippen LogP contribution in [0, 0.1) is 0 Å². The molecule has 0 saturated heterocycles. The van der Waals surface area contributed by atoms with Gasteiger partial charge in [0.25, 0.3) is 0 Å². The van der Waals surface area contributed by atoms with Gasteiger partial charge in [-0.15, -0.1) is 11.3 Å². The Kier molecular flexibility index (Phi) is 6.65. The number of amidine groups is 2. The van der Waals surface area contributed by atoms with Gasteiger partial charge in [0, 0.05) is 47.8 Å². The molecule has 47 heavy (non-hydrogen) atoms. The second-order valence-corrected chi connectivity index (χ2v) is 12.6. The van der Waals surface area contributed by atoms with Crippen molar-refractivity contribution in [1.29, 1.82) is 0 Å². The molecule has 6 aromatic carbocycles. The van der Waals surface area contributed by atoms with E-state index in [4.69, 9.17) is 20.0 Å². The maximum Gasteiger partial charge on any atom is 0.160 e. The minimum Gasteiger partial charge on any atom is -0.344 e. The van der Waals surface area contributed by atoms with Crippen LogP contribution in [0.5, 0.6) is 0 Å². The van der Waals surface area contributed by atoms with Crippen LogP contribution in [-0.4, -0.2) is 21.6 Å². The number of nitrogens with zero attached hydrogens (tertiary/aromatic N) is 4. The van der Waals surface area contributed by atoms with Gasteiger partial charge in [0.1, 0.15) is 12.0 Å². The Labute approximate surface area is 275 Å². The van der Waals surface area contributed by atoms with Crippen LogP contribution in [0.1, 0.15) is 22.9 Å². The Hall–Kier alpha value is -5.98. The molecular weight excluding hydrogens is 595 g/mol. The molecule has 1 aliphatic heterocycles. The fourth-order valence-corrected chi connectivity index (χ4v) is 7.47. The zero-order chi connectivity index (χ0) is 31.2. The summed E-state index contributed by atoms with van der Waals surface area (Å²) in [5.74, 6) is 2.14. The van der Waals surface area contributed by atoms with Crippen molar-refractivity contribution in [3.05, 3.63) is 168 Å². The van der Waals surface area contributed by atoms with Crippen molar-refractivity contribution in [2.24, 2.45) is 9.98 Å². The van der Waals surface area contributed by atoms with E-state index >= 15 is 0 Å². The summed E-state index contributed by atoms with van der Waals surface area (Å²) in [4.78, 5) is 20.6. The van der Waals surface area contributed by atoms with Crippen molar-refractivity contribution < 1.29 is 0 Å². The highest BCUT2D eigenvalue weighted by Crippen LogP contribution is 2.40. The first-order valence-electron chi connectivity index (χ1n) is 15.6. The van der Waals surface area contributed by atoms with Crippen molar-refractivity contribution in [3.8, 4) is 22.6 Å². The third kappa shape index (κ3) is 4.96. The number of nitrogens with one attached hydrogen (secondary N) is 1. The maximum absolute atomic E-state index is 5.22. The van der Waals surface area contributed by atoms with E-state index in [0.29, 0.717) is 11.7 Å². The van der Waals surface area contributed by atoms with Gasteiger partial charge in [-0.3, -0.25) is 0 Å². The summed E-state index contributed by atoms with van der Waals surface area (Å²) in [5, 5.41) is 7.09. The van der Waals surface area contributed by atoms with Crippen LogP contribution in [0.25, 0.3) is 53.7 Å². The molecule has 6 heteroatoms. The van der Waals surface area contributed by atoms with Crippen molar-refractivity contribution in [2.75, 3.05) is 0 Å². The molecule has 5 nitrogen and oxygen atoms in total. The smallest absolute Gasteiger partial charge is 0.160 e. The number of benzene rings is 6. The molecule has 0 aliphatic carbocycles. The molecule has 0 bridgehead atoms. The summed E-state index contributed by atoms with van der Waals surface area (Å²) in [5.41, 5.74) is 6.86. The lowest BCUT2D eigenvalue weighted by atomic mass is 10.00. The lowest BCUT2D eigenvalue weighted by molar-refractivity contribution is 0.674. The van der Waals surface area contributed by atoms with Crippen molar-refractivity contribution in [2.45, 2.75) is 6.17 Å². The third-order valence-electron chi connectivity index (χ3n) is 8.53. The van der Waals surface area contributed by atoms with Gasteiger partial charge in [-0.05, 0) is 29.8 Å². The first kappa shape index (κ1) is 27.3. The molecule has 0 amide bonds. The molecule has 0 saturated carbocycles. The van der Waals surface area contributed by atoms with Crippen LogP contribution in [-0.2, 0) is 0 Å². The predicted molar refractivity (Wildman–Crippen MR) is 195 cm³/mol. The van der Waals surface area contributed by atoms with E-state index in [1.54, 1.807) is 11.3 Å². The molecule has 2 aromatic heterocycles. The minimum absolute atomic E-state index is 0.302. The topological polar surface area (TPSA) is 62.5 Å². The summed E-state index contributed by atoms with van der Waals surface area (Å²) in [6.07, 6.45) is -0.302. The summed E-state index contributed by atoms with van der Waals surface area (Å²) >= 11 is 1.78. The Morgan fingerprint density at radius 3 is 2.00 bits per heavy atom. The average molecular weight is 622 g/mol. The lowest BCUT2D eigenvalue weighted by Gasteiger charge is -2.24. The van der Waals surface area contributed by atoms with E-state index in [1.165, 1.54) is 10.1 Å². The highest BCUT2D eigenvalue weighted by atomic mass is 32.1. The molecule has 1 aliphatic rings. The van der Waals surface area contributed by atoms with Gasteiger partial charge in [-0.2, -0.15) is 0 Å². The number of fused-ring (bicyclic) bond motifs is 4. The fraction of sp³-hybridized carbons (Fsp3) is 0.0244. The number of hydrogen-bond donors (Lipinski definition) is 1. The fourth-order valence-electron chi connectivity index (χ4n) is 6.30. The lowest BCUT2D eigenvalue weighted by Crippen LogP contribution is -2.33. The van der Waals surface area contributed by atoms with Crippen LogP contribution in [0.3, 0.4) is 0 Å².